The topological polar surface area (TPSA) is 75.3 Å². The summed E-state index contributed by atoms with van der Waals surface area (Å²) in [6.45, 7) is 1.16. The molecule has 1 fully saturated rings. The van der Waals surface area contributed by atoms with E-state index in [0.29, 0.717) is 19.0 Å². The number of aromatic nitrogens is 1. The third kappa shape index (κ3) is 7.71. The fourth-order valence-corrected chi connectivity index (χ4v) is 4.00. The molecule has 3 aromatic rings. The molecular weight excluding hydrogens is 471 g/mol. The van der Waals surface area contributed by atoms with Crippen molar-refractivity contribution in [2.24, 2.45) is 0 Å². The van der Waals surface area contributed by atoms with E-state index < -0.39 is 5.54 Å². The van der Waals surface area contributed by atoms with E-state index >= 15 is 0 Å². The number of carbonyl (C=O) groups is 1. The first-order valence-corrected chi connectivity index (χ1v) is 11.2. The highest BCUT2D eigenvalue weighted by Gasteiger charge is 2.39. The van der Waals surface area contributed by atoms with Gasteiger partial charge in [0, 0.05) is 12.7 Å². The molecule has 6 nitrogen and oxygen atoms in total. The second-order valence-electron chi connectivity index (χ2n) is 8.21. The molecule has 0 saturated heterocycles. The molecule has 0 unspecified atom stereocenters. The standard InChI is InChI=1S/C26H30N4O2.2ClH/c31-25(29-24-11-5-8-18-27-24)26(16-6-2-7-17-26)30-28-19-21-12-14-23(15-13-21)32-20-22-9-3-1-4-10-22;;/h1,3-5,8-15,18,28,30H,2,6-7,16-17,19-20H2,(H,27,29,31);2*1H. The average Bonchev–Trinajstić information content (AvgIpc) is 2.85. The first kappa shape index (κ1) is 27.6. The number of amides is 1. The van der Waals surface area contributed by atoms with Crippen molar-refractivity contribution in [2.75, 3.05) is 5.32 Å². The highest BCUT2D eigenvalue weighted by atomic mass is 35.5. The van der Waals surface area contributed by atoms with E-state index in [4.69, 9.17) is 4.74 Å². The molecule has 3 N–H and O–H groups in total. The Labute approximate surface area is 213 Å². The van der Waals surface area contributed by atoms with Gasteiger partial charge in [-0.1, -0.05) is 67.8 Å². The Bertz CT molecular complexity index is 983. The molecule has 182 valence electrons. The molecule has 1 saturated carbocycles. The van der Waals surface area contributed by atoms with Crippen LogP contribution in [0.1, 0.15) is 43.2 Å². The zero-order valence-corrected chi connectivity index (χ0v) is 20.7. The molecule has 1 heterocycles. The number of anilines is 1. The van der Waals surface area contributed by atoms with Gasteiger partial charge in [-0.3, -0.25) is 10.2 Å². The van der Waals surface area contributed by atoms with Gasteiger partial charge >= 0.3 is 0 Å². The smallest absolute Gasteiger partial charge is 0.247 e. The fraction of sp³-hybridized carbons (Fsp3) is 0.308. The number of carbonyl (C=O) groups excluding carboxylic acids is 1. The first-order chi connectivity index (χ1) is 15.7. The number of nitrogens with zero attached hydrogens (tertiary/aromatic N) is 1. The highest BCUT2D eigenvalue weighted by Crippen LogP contribution is 2.29. The lowest BCUT2D eigenvalue weighted by atomic mass is 9.81. The molecule has 8 heteroatoms. The Morgan fingerprint density at radius 2 is 1.56 bits per heavy atom. The molecule has 0 radical (unpaired) electrons. The molecule has 0 bridgehead atoms. The second kappa shape index (κ2) is 13.9. The number of pyridine rings is 1. The number of benzene rings is 2. The van der Waals surface area contributed by atoms with Crippen LogP contribution in [-0.2, 0) is 17.9 Å². The van der Waals surface area contributed by atoms with Gasteiger partial charge in [0.25, 0.3) is 0 Å². The van der Waals surface area contributed by atoms with E-state index in [0.717, 1.165) is 49.0 Å². The van der Waals surface area contributed by atoms with Crippen LogP contribution in [-0.4, -0.2) is 16.4 Å². The number of hydrogen-bond acceptors (Lipinski definition) is 5. The van der Waals surface area contributed by atoms with Crippen LogP contribution in [0.25, 0.3) is 0 Å². The quantitative estimate of drug-likeness (QED) is 0.339. The Morgan fingerprint density at radius 3 is 2.24 bits per heavy atom. The minimum atomic E-state index is -0.630. The highest BCUT2D eigenvalue weighted by molar-refractivity contribution is 5.97. The van der Waals surface area contributed by atoms with E-state index in [1.807, 2.05) is 60.7 Å². The van der Waals surface area contributed by atoms with E-state index in [9.17, 15) is 4.79 Å². The van der Waals surface area contributed by atoms with Crippen LogP contribution >= 0.6 is 24.8 Å². The van der Waals surface area contributed by atoms with Gasteiger partial charge in [0.1, 0.15) is 23.7 Å². The summed E-state index contributed by atoms with van der Waals surface area (Å²) in [7, 11) is 0. The largest absolute Gasteiger partial charge is 0.489 e. The number of ether oxygens (including phenoxy) is 1. The Balaban J connectivity index is 0.00000204. The van der Waals surface area contributed by atoms with Crippen LogP contribution in [0, 0.1) is 0 Å². The summed E-state index contributed by atoms with van der Waals surface area (Å²) in [6.07, 6.45) is 6.48. The summed E-state index contributed by atoms with van der Waals surface area (Å²) in [5, 5.41) is 2.97. The molecule has 2 aromatic carbocycles. The van der Waals surface area contributed by atoms with Gasteiger partial charge in [0.2, 0.25) is 5.91 Å². The van der Waals surface area contributed by atoms with Crippen LogP contribution in [0.4, 0.5) is 5.82 Å². The SMILES string of the molecule is Cl.Cl.O=C(Nc1ccccn1)C1(NNCc2ccc(OCc3ccccc3)cc2)CCCCC1. The second-order valence-corrected chi connectivity index (χ2v) is 8.21. The maximum Gasteiger partial charge on any atom is 0.247 e. The van der Waals surface area contributed by atoms with Gasteiger partial charge in [0.15, 0.2) is 0 Å². The molecule has 1 aliphatic carbocycles. The summed E-state index contributed by atoms with van der Waals surface area (Å²) in [5.74, 6) is 1.38. The number of rotatable bonds is 9. The van der Waals surface area contributed by atoms with E-state index in [1.54, 1.807) is 6.20 Å². The molecule has 0 spiro atoms. The molecular formula is C26H32Cl2N4O2. The number of hydrogen-bond donors (Lipinski definition) is 3. The Kier molecular flexibility index (Phi) is 11.3. The summed E-state index contributed by atoms with van der Waals surface area (Å²) in [5.41, 5.74) is 8.25. The zero-order valence-electron chi connectivity index (χ0n) is 19.0. The van der Waals surface area contributed by atoms with Gasteiger partial charge < -0.3 is 10.1 Å². The number of nitrogens with one attached hydrogen (secondary N) is 3. The molecule has 0 aliphatic heterocycles. The van der Waals surface area contributed by atoms with Gasteiger partial charge in [-0.15, -0.1) is 24.8 Å². The molecule has 4 rings (SSSR count). The van der Waals surface area contributed by atoms with Crippen LogP contribution < -0.4 is 20.9 Å². The van der Waals surface area contributed by atoms with E-state index in [1.165, 1.54) is 0 Å². The number of halogens is 2. The van der Waals surface area contributed by atoms with Gasteiger partial charge in [-0.05, 0) is 48.2 Å². The molecule has 0 atom stereocenters. The monoisotopic (exact) mass is 502 g/mol. The van der Waals surface area contributed by atoms with Crippen molar-refractivity contribution < 1.29 is 9.53 Å². The number of hydrazine groups is 1. The first-order valence-electron chi connectivity index (χ1n) is 11.2. The van der Waals surface area contributed by atoms with Gasteiger partial charge in [-0.25, -0.2) is 10.4 Å². The van der Waals surface area contributed by atoms with E-state index in [2.05, 4.69) is 33.3 Å². The Morgan fingerprint density at radius 1 is 0.853 bits per heavy atom. The van der Waals surface area contributed by atoms with Gasteiger partial charge in [-0.2, -0.15) is 0 Å². The summed E-state index contributed by atoms with van der Waals surface area (Å²) >= 11 is 0. The maximum atomic E-state index is 13.1. The van der Waals surface area contributed by atoms with Crippen molar-refractivity contribution in [3.05, 3.63) is 90.1 Å². The third-order valence-corrected chi connectivity index (χ3v) is 5.84. The fourth-order valence-electron chi connectivity index (χ4n) is 4.00. The summed E-state index contributed by atoms with van der Waals surface area (Å²) in [6, 6.07) is 23.7. The lowest BCUT2D eigenvalue weighted by Gasteiger charge is -2.36. The van der Waals surface area contributed by atoms with E-state index in [-0.39, 0.29) is 30.7 Å². The van der Waals surface area contributed by atoms with Crippen LogP contribution in [0.2, 0.25) is 0 Å². The molecule has 1 aliphatic rings. The predicted molar refractivity (Wildman–Crippen MR) is 140 cm³/mol. The summed E-state index contributed by atoms with van der Waals surface area (Å²) in [4.78, 5) is 17.3. The normalized spacial score (nSPS) is 14.2. The molecule has 34 heavy (non-hydrogen) atoms. The zero-order chi connectivity index (χ0) is 22.1. The van der Waals surface area contributed by atoms with Crippen molar-refractivity contribution in [3.63, 3.8) is 0 Å². The van der Waals surface area contributed by atoms with Crippen molar-refractivity contribution >= 4 is 36.5 Å². The van der Waals surface area contributed by atoms with Crippen molar-refractivity contribution in [1.82, 2.24) is 15.8 Å². The minimum Gasteiger partial charge on any atom is -0.489 e. The average molecular weight is 503 g/mol. The lowest BCUT2D eigenvalue weighted by Crippen LogP contribution is -2.60. The van der Waals surface area contributed by atoms with Crippen molar-refractivity contribution in [3.8, 4) is 5.75 Å². The van der Waals surface area contributed by atoms with Crippen LogP contribution in [0.3, 0.4) is 0 Å². The van der Waals surface area contributed by atoms with Crippen molar-refractivity contribution in [2.45, 2.75) is 50.8 Å². The van der Waals surface area contributed by atoms with Crippen LogP contribution in [0.5, 0.6) is 5.75 Å². The molecule has 1 aromatic heterocycles. The Hall–Kier alpha value is -2.64. The summed E-state index contributed by atoms with van der Waals surface area (Å²) < 4.78 is 5.86. The minimum absolute atomic E-state index is 0. The predicted octanol–water partition coefficient (Wildman–Crippen LogP) is 5.44. The third-order valence-electron chi connectivity index (χ3n) is 5.84. The molecule has 1 amide bonds. The van der Waals surface area contributed by atoms with Gasteiger partial charge in [0.05, 0.1) is 0 Å². The van der Waals surface area contributed by atoms with Crippen LogP contribution in [0.15, 0.2) is 79.0 Å². The lowest BCUT2D eigenvalue weighted by molar-refractivity contribution is -0.124. The van der Waals surface area contributed by atoms with Crippen molar-refractivity contribution in [1.29, 1.82) is 0 Å². The maximum absolute atomic E-state index is 13.1.